The minimum absolute atomic E-state index is 0.0316. The van der Waals surface area contributed by atoms with Crippen LogP contribution in [0.25, 0.3) is 10.6 Å². The lowest BCUT2D eigenvalue weighted by atomic mass is 10.2. The van der Waals surface area contributed by atoms with Crippen molar-refractivity contribution in [1.82, 2.24) is 14.7 Å². The zero-order valence-electron chi connectivity index (χ0n) is 12.6. The molecule has 0 saturated heterocycles. The summed E-state index contributed by atoms with van der Waals surface area (Å²) in [6, 6.07) is 9.82. The van der Waals surface area contributed by atoms with Crippen LogP contribution in [-0.2, 0) is 10.0 Å². The number of thiazole rings is 1. The standard InChI is InChI=1S/C16H13N3O3S2/c1-11-4-6-13(7-5-11)24(21,22)19-15(20)14-10-23-16(18-14)12-3-2-8-17-9-12/h2-10H,1H3,(H,19,20). The third-order valence-electron chi connectivity index (χ3n) is 3.20. The number of carbonyl (C=O) groups is 1. The molecule has 0 unspecified atom stereocenters. The van der Waals surface area contributed by atoms with Gasteiger partial charge in [0.05, 0.1) is 4.90 Å². The number of aromatic nitrogens is 2. The molecular formula is C16H13N3O3S2. The van der Waals surface area contributed by atoms with Crippen LogP contribution in [0, 0.1) is 6.92 Å². The summed E-state index contributed by atoms with van der Waals surface area (Å²) in [4.78, 5) is 20.4. The fraction of sp³-hybridized carbons (Fsp3) is 0.0625. The summed E-state index contributed by atoms with van der Waals surface area (Å²) >= 11 is 1.25. The Balaban J connectivity index is 1.80. The summed E-state index contributed by atoms with van der Waals surface area (Å²) in [6.45, 7) is 1.85. The number of nitrogens with one attached hydrogen (secondary N) is 1. The number of amides is 1. The Kier molecular flexibility index (Phi) is 4.41. The lowest BCUT2D eigenvalue weighted by Gasteiger charge is -2.05. The third kappa shape index (κ3) is 3.50. The zero-order valence-corrected chi connectivity index (χ0v) is 14.3. The lowest BCUT2D eigenvalue weighted by molar-refractivity contribution is 0.0977. The molecule has 6 nitrogen and oxygen atoms in total. The maximum atomic E-state index is 12.2. The molecule has 0 atom stereocenters. The molecule has 2 aromatic heterocycles. The monoisotopic (exact) mass is 359 g/mol. The minimum atomic E-state index is -3.93. The second kappa shape index (κ2) is 6.50. The van der Waals surface area contributed by atoms with Crippen molar-refractivity contribution in [3.63, 3.8) is 0 Å². The number of rotatable bonds is 4. The van der Waals surface area contributed by atoms with Crippen molar-refractivity contribution in [2.45, 2.75) is 11.8 Å². The molecule has 0 bridgehead atoms. The van der Waals surface area contributed by atoms with E-state index in [1.165, 1.54) is 28.8 Å². The van der Waals surface area contributed by atoms with E-state index in [9.17, 15) is 13.2 Å². The highest BCUT2D eigenvalue weighted by molar-refractivity contribution is 7.90. The van der Waals surface area contributed by atoms with Crippen molar-refractivity contribution < 1.29 is 13.2 Å². The molecule has 0 fully saturated rings. The Morgan fingerprint density at radius 2 is 1.92 bits per heavy atom. The smallest absolute Gasteiger partial charge is 0.266 e. The topological polar surface area (TPSA) is 89.0 Å². The number of benzene rings is 1. The number of nitrogens with zero attached hydrogens (tertiary/aromatic N) is 2. The van der Waals surface area contributed by atoms with Crippen LogP contribution < -0.4 is 4.72 Å². The molecule has 122 valence electrons. The molecule has 0 aliphatic carbocycles. The van der Waals surface area contributed by atoms with Gasteiger partial charge >= 0.3 is 0 Å². The highest BCUT2D eigenvalue weighted by atomic mass is 32.2. The summed E-state index contributed by atoms with van der Waals surface area (Å²) in [6.07, 6.45) is 3.27. The van der Waals surface area contributed by atoms with Gasteiger partial charge in [0, 0.05) is 23.3 Å². The van der Waals surface area contributed by atoms with Gasteiger partial charge in [-0.05, 0) is 31.2 Å². The van der Waals surface area contributed by atoms with E-state index >= 15 is 0 Å². The van der Waals surface area contributed by atoms with Gasteiger partial charge in [-0.15, -0.1) is 11.3 Å². The van der Waals surface area contributed by atoms with Crippen LogP contribution in [0.5, 0.6) is 0 Å². The van der Waals surface area contributed by atoms with Gasteiger partial charge in [-0.2, -0.15) is 0 Å². The molecular weight excluding hydrogens is 346 g/mol. The van der Waals surface area contributed by atoms with Crippen LogP contribution in [-0.4, -0.2) is 24.3 Å². The molecule has 1 N–H and O–H groups in total. The minimum Gasteiger partial charge on any atom is -0.266 e. The van der Waals surface area contributed by atoms with Gasteiger partial charge in [0.1, 0.15) is 10.7 Å². The molecule has 3 aromatic rings. The highest BCUT2D eigenvalue weighted by Gasteiger charge is 2.20. The molecule has 0 radical (unpaired) electrons. The van der Waals surface area contributed by atoms with Gasteiger partial charge in [0.15, 0.2) is 0 Å². The van der Waals surface area contributed by atoms with Crippen LogP contribution in [0.3, 0.4) is 0 Å². The summed E-state index contributed by atoms with van der Waals surface area (Å²) in [7, 11) is -3.93. The van der Waals surface area contributed by atoms with E-state index in [0.717, 1.165) is 11.1 Å². The molecule has 24 heavy (non-hydrogen) atoms. The maximum Gasteiger partial charge on any atom is 0.284 e. The van der Waals surface area contributed by atoms with E-state index in [2.05, 4.69) is 9.97 Å². The number of sulfonamides is 1. The Labute approximate surface area is 143 Å². The molecule has 8 heteroatoms. The quantitative estimate of drug-likeness (QED) is 0.773. The van der Waals surface area contributed by atoms with Crippen molar-refractivity contribution in [2.75, 3.05) is 0 Å². The number of aryl methyl sites for hydroxylation is 1. The summed E-state index contributed by atoms with van der Waals surface area (Å²) < 4.78 is 26.5. The fourth-order valence-corrected chi connectivity index (χ4v) is 3.70. The Morgan fingerprint density at radius 1 is 1.17 bits per heavy atom. The van der Waals surface area contributed by atoms with Crippen LogP contribution in [0.15, 0.2) is 59.1 Å². The average molecular weight is 359 g/mol. The van der Waals surface area contributed by atoms with Crippen molar-refractivity contribution in [3.05, 3.63) is 65.4 Å². The lowest BCUT2D eigenvalue weighted by Crippen LogP contribution is -2.30. The largest absolute Gasteiger partial charge is 0.284 e. The molecule has 2 heterocycles. The molecule has 1 aromatic carbocycles. The molecule has 3 rings (SSSR count). The van der Waals surface area contributed by atoms with Crippen LogP contribution >= 0.6 is 11.3 Å². The Hall–Kier alpha value is -2.58. The van der Waals surface area contributed by atoms with Gasteiger partial charge in [0.2, 0.25) is 0 Å². The molecule has 0 spiro atoms. The highest BCUT2D eigenvalue weighted by Crippen LogP contribution is 2.22. The first-order valence-corrected chi connectivity index (χ1v) is 9.32. The SMILES string of the molecule is Cc1ccc(S(=O)(=O)NC(=O)c2csc(-c3cccnc3)n2)cc1. The van der Waals surface area contributed by atoms with Crippen LogP contribution in [0.1, 0.15) is 16.1 Å². The normalized spacial score (nSPS) is 11.2. The van der Waals surface area contributed by atoms with Crippen molar-refractivity contribution in [3.8, 4) is 10.6 Å². The first-order valence-electron chi connectivity index (χ1n) is 6.95. The average Bonchev–Trinajstić information content (AvgIpc) is 3.06. The van der Waals surface area contributed by atoms with Gasteiger partial charge in [-0.25, -0.2) is 18.1 Å². The molecule has 0 saturated carbocycles. The van der Waals surface area contributed by atoms with Crippen molar-refractivity contribution in [1.29, 1.82) is 0 Å². The number of pyridine rings is 1. The van der Waals surface area contributed by atoms with Crippen LogP contribution in [0.2, 0.25) is 0 Å². The van der Waals surface area contributed by atoms with E-state index in [0.29, 0.717) is 5.01 Å². The first-order chi connectivity index (χ1) is 11.5. The van der Waals surface area contributed by atoms with Gasteiger partial charge < -0.3 is 0 Å². The van der Waals surface area contributed by atoms with Gasteiger partial charge in [-0.1, -0.05) is 17.7 Å². The van der Waals surface area contributed by atoms with E-state index in [-0.39, 0.29) is 10.6 Å². The molecule has 0 aliphatic heterocycles. The summed E-state index contributed by atoms with van der Waals surface area (Å²) in [5.41, 5.74) is 1.75. The van der Waals surface area contributed by atoms with Gasteiger partial charge in [0.25, 0.3) is 15.9 Å². The first kappa shape index (κ1) is 16.3. The van der Waals surface area contributed by atoms with E-state index < -0.39 is 15.9 Å². The summed E-state index contributed by atoms with van der Waals surface area (Å²) in [5.74, 6) is -0.762. The maximum absolute atomic E-state index is 12.2. The van der Waals surface area contributed by atoms with Gasteiger partial charge in [-0.3, -0.25) is 9.78 Å². The zero-order chi connectivity index (χ0) is 17.2. The van der Waals surface area contributed by atoms with Crippen molar-refractivity contribution >= 4 is 27.3 Å². The predicted octanol–water partition coefficient (Wildman–Crippen LogP) is 2.63. The third-order valence-corrected chi connectivity index (χ3v) is 5.44. The number of carbonyl (C=O) groups excluding carboxylic acids is 1. The molecule has 1 amide bonds. The Bertz CT molecular complexity index is 965. The second-order valence-corrected chi connectivity index (χ2v) is 7.57. The van der Waals surface area contributed by atoms with E-state index in [1.54, 1.807) is 30.6 Å². The van der Waals surface area contributed by atoms with E-state index in [1.807, 2.05) is 17.7 Å². The Morgan fingerprint density at radius 3 is 2.58 bits per heavy atom. The fourth-order valence-electron chi connectivity index (χ4n) is 1.95. The van der Waals surface area contributed by atoms with E-state index in [4.69, 9.17) is 0 Å². The summed E-state index contributed by atoms with van der Waals surface area (Å²) in [5, 5.41) is 2.11. The number of hydrogen-bond donors (Lipinski definition) is 1. The predicted molar refractivity (Wildman–Crippen MR) is 91.2 cm³/mol. The molecule has 0 aliphatic rings. The second-order valence-electron chi connectivity index (χ2n) is 5.03. The number of hydrogen-bond acceptors (Lipinski definition) is 6. The van der Waals surface area contributed by atoms with Crippen molar-refractivity contribution in [2.24, 2.45) is 0 Å². The van der Waals surface area contributed by atoms with Crippen LogP contribution in [0.4, 0.5) is 0 Å².